The van der Waals surface area contributed by atoms with Gasteiger partial charge in [-0.15, -0.1) is 0 Å². The van der Waals surface area contributed by atoms with Crippen LogP contribution in [0.15, 0.2) is 30.3 Å². The summed E-state index contributed by atoms with van der Waals surface area (Å²) < 4.78 is 10.9. The van der Waals surface area contributed by atoms with Crippen molar-refractivity contribution in [1.29, 1.82) is 5.26 Å². The van der Waals surface area contributed by atoms with Crippen molar-refractivity contribution < 1.29 is 19.1 Å². The topological polar surface area (TPSA) is 139 Å². The molecule has 1 heterocycles. The van der Waals surface area contributed by atoms with Gasteiger partial charge in [0.05, 0.1) is 17.3 Å². The summed E-state index contributed by atoms with van der Waals surface area (Å²) in [6.45, 7) is 10.7. The molecule has 4 N–H and O–H groups in total. The standard InChI is InChI=1S/C23H29N5O4/c1-13(2)17-11-16(8-7-15(17)12-24)31-19-10-9-18(20(25)28-19)27-21(29)14(3)26-22(30)32-23(4,5)6/h7-11,13-14H,1-6H3,(H2,25,28)(H,26,30)(H,27,29). The Bertz CT molecular complexity index is 1040. The van der Waals surface area contributed by atoms with Gasteiger partial charge in [-0.3, -0.25) is 4.79 Å². The predicted molar refractivity (Wildman–Crippen MR) is 121 cm³/mol. The first-order valence-electron chi connectivity index (χ1n) is 10.2. The molecule has 9 nitrogen and oxygen atoms in total. The zero-order chi connectivity index (χ0) is 24.1. The number of nitrogens with zero attached hydrogens (tertiary/aromatic N) is 2. The van der Waals surface area contributed by atoms with Crippen molar-refractivity contribution in [2.45, 2.75) is 59.1 Å². The molecule has 0 spiro atoms. The van der Waals surface area contributed by atoms with Gasteiger partial charge in [0.15, 0.2) is 5.82 Å². The summed E-state index contributed by atoms with van der Waals surface area (Å²) in [4.78, 5) is 28.4. The lowest BCUT2D eigenvalue weighted by Gasteiger charge is -2.21. The molecule has 1 aromatic carbocycles. The molecule has 1 aromatic heterocycles. The summed E-state index contributed by atoms with van der Waals surface area (Å²) in [6.07, 6.45) is -0.696. The number of hydrogen-bond acceptors (Lipinski definition) is 7. The Morgan fingerprint density at radius 2 is 1.84 bits per heavy atom. The van der Waals surface area contributed by atoms with Gasteiger partial charge in [0.25, 0.3) is 0 Å². The number of amides is 2. The monoisotopic (exact) mass is 439 g/mol. The number of nitrogens with one attached hydrogen (secondary N) is 2. The summed E-state index contributed by atoms with van der Waals surface area (Å²) in [7, 11) is 0. The normalized spacial score (nSPS) is 11.9. The van der Waals surface area contributed by atoms with Gasteiger partial charge in [-0.05, 0) is 63.4 Å². The SMILES string of the molecule is CC(NC(=O)OC(C)(C)C)C(=O)Nc1ccc(Oc2ccc(C#N)c(C(C)C)c2)nc1N. The van der Waals surface area contributed by atoms with Crippen LogP contribution in [0.25, 0.3) is 0 Å². The van der Waals surface area contributed by atoms with Gasteiger partial charge in [-0.1, -0.05) is 13.8 Å². The fourth-order valence-electron chi connectivity index (χ4n) is 2.71. The minimum absolute atomic E-state index is 0.0537. The van der Waals surface area contributed by atoms with Crippen LogP contribution < -0.4 is 21.1 Å². The molecule has 0 aliphatic carbocycles. The molecule has 2 aromatic rings. The number of benzene rings is 1. The van der Waals surface area contributed by atoms with E-state index in [2.05, 4.69) is 21.7 Å². The van der Waals surface area contributed by atoms with Gasteiger partial charge in [-0.2, -0.15) is 10.2 Å². The van der Waals surface area contributed by atoms with E-state index in [0.717, 1.165) is 5.56 Å². The molecule has 9 heteroatoms. The molecule has 0 saturated carbocycles. The highest BCUT2D eigenvalue weighted by atomic mass is 16.6. The maximum absolute atomic E-state index is 12.4. The highest BCUT2D eigenvalue weighted by Crippen LogP contribution is 2.29. The van der Waals surface area contributed by atoms with E-state index in [1.54, 1.807) is 51.1 Å². The Balaban J connectivity index is 2.06. The van der Waals surface area contributed by atoms with Crippen LogP contribution in [-0.2, 0) is 9.53 Å². The molecule has 2 rings (SSSR count). The van der Waals surface area contributed by atoms with E-state index in [9.17, 15) is 14.9 Å². The molecular weight excluding hydrogens is 410 g/mol. The lowest BCUT2D eigenvalue weighted by molar-refractivity contribution is -0.117. The van der Waals surface area contributed by atoms with E-state index >= 15 is 0 Å². The number of carbonyl (C=O) groups excluding carboxylic acids is 2. The Hall–Kier alpha value is -3.80. The van der Waals surface area contributed by atoms with Gasteiger partial charge in [-0.25, -0.2) is 4.79 Å². The van der Waals surface area contributed by atoms with Crippen LogP contribution in [0, 0.1) is 11.3 Å². The molecule has 0 bridgehead atoms. The number of alkyl carbamates (subject to hydrolysis) is 1. The van der Waals surface area contributed by atoms with Gasteiger partial charge in [0.2, 0.25) is 11.8 Å². The van der Waals surface area contributed by atoms with E-state index in [1.165, 1.54) is 6.92 Å². The third-order valence-electron chi connectivity index (χ3n) is 4.27. The third-order valence-corrected chi connectivity index (χ3v) is 4.27. The molecule has 0 radical (unpaired) electrons. The molecule has 1 atom stereocenters. The summed E-state index contributed by atoms with van der Waals surface area (Å²) in [5.41, 5.74) is 7.04. The first-order chi connectivity index (χ1) is 14.9. The Kier molecular flexibility index (Phi) is 7.65. The van der Waals surface area contributed by atoms with Crippen LogP contribution in [0.1, 0.15) is 58.6 Å². The minimum atomic E-state index is -0.853. The number of hydrogen-bond donors (Lipinski definition) is 3. The van der Waals surface area contributed by atoms with E-state index in [1.807, 2.05) is 13.8 Å². The predicted octanol–water partition coefficient (Wildman–Crippen LogP) is 4.30. The number of nitrogen functional groups attached to an aromatic ring is 1. The van der Waals surface area contributed by atoms with Gasteiger partial charge in [0, 0.05) is 6.07 Å². The summed E-state index contributed by atoms with van der Waals surface area (Å²) in [5.74, 6) is 0.483. The summed E-state index contributed by atoms with van der Waals surface area (Å²) in [6, 6.07) is 9.61. The van der Waals surface area contributed by atoms with E-state index in [0.29, 0.717) is 11.3 Å². The molecule has 0 fully saturated rings. The van der Waals surface area contributed by atoms with Crippen molar-refractivity contribution in [3.63, 3.8) is 0 Å². The number of anilines is 2. The number of nitriles is 1. The summed E-state index contributed by atoms with van der Waals surface area (Å²) >= 11 is 0. The number of rotatable bonds is 6. The Morgan fingerprint density at radius 3 is 2.41 bits per heavy atom. The number of aromatic nitrogens is 1. The number of pyridine rings is 1. The zero-order valence-corrected chi connectivity index (χ0v) is 19.1. The zero-order valence-electron chi connectivity index (χ0n) is 19.1. The van der Waals surface area contributed by atoms with Crippen LogP contribution >= 0.6 is 0 Å². The quantitative estimate of drug-likeness (QED) is 0.609. The summed E-state index contributed by atoms with van der Waals surface area (Å²) in [5, 5.41) is 14.3. The smallest absolute Gasteiger partial charge is 0.408 e. The number of ether oxygens (including phenoxy) is 2. The molecular formula is C23H29N5O4. The van der Waals surface area contributed by atoms with Crippen LogP contribution in [-0.4, -0.2) is 28.6 Å². The van der Waals surface area contributed by atoms with Crippen molar-refractivity contribution in [2.24, 2.45) is 0 Å². The van der Waals surface area contributed by atoms with Crippen molar-refractivity contribution in [3.05, 3.63) is 41.5 Å². The molecule has 0 aliphatic rings. The Morgan fingerprint density at radius 1 is 1.16 bits per heavy atom. The average Bonchev–Trinajstić information content (AvgIpc) is 2.68. The molecule has 0 saturated heterocycles. The molecule has 2 amide bonds. The lowest BCUT2D eigenvalue weighted by atomic mass is 9.98. The minimum Gasteiger partial charge on any atom is -0.444 e. The highest BCUT2D eigenvalue weighted by molar-refractivity contribution is 5.98. The van der Waals surface area contributed by atoms with Gasteiger partial charge < -0.3 is 25.8 Å². The maximum Gasteiger partial charge on any atom is 0.408 e. The van der Waals surface area contributed by atoms with Crippen LogP contribution in [0.3, 0.4) is 0 Å². The maximum atomic E-state index is 12.4. The first-order valence-corrected chi connectivity index (χ1v) is 10.2. The van der Waals surface area contributed by atoms with E-state index in [-0.39, 0.29) is 23.3 Å². The molecule has 1 unspecified atom stereocenters. The fourth-order valence-corrected chi connectivity index (χ4v) is 2.71. The highest BCUT2D eigenvalue weighted by Gasteiger charge is 2.21. The van der Waals surface area contributed by atoms with Crippen LogP contribution in [0.4, 0.5) is 16.3 Å². The lowest BCUT2D eigenvalue weighted by Crippen LogP contribution is -2.44. The second-order valence-electron chi connectivity index (χ2n) is 8.56. The van der Waals surface area contributed by atoms with Crippen molar-refractivity contribution in [2.75, 3.05) is 11.1 Å². The second-order valence-corrected chi connectivity index (χ2v) is 8.56. The van der Waals surface area contributed by atoms with Gasteiger partial charge in [0.1, 0.15) is 17.4 Å². The molecule has 0 aliphatic heterocycles. The third kappa shape index (κ3) is 6.87. The van der Waals surface area contributed by atoms with Crippen LogP contribution in [0.5, 0.6) is 11.6 Å². The largest absolute Gasteiger partial charge is 0.444 e. The van der Waals surface area contributed by atoms with E-state index < -0.39 is 23.6 Å². The first kappa shape index (κ1) is 24.5. The number of carbonyl (C=O) groups is 2. The second kappa shape index (κ2) is 10.0. The average molecular weight is 440 g/mol. The molecule has 170 valence electrons. The van der Waals surface area contributed by atoms with Crippen LogP contribution in [0.2, 0.25) is 0 Å². The van der Waals surface area contributed by atoms with Crippen molar-refractivity contribution in [3.8, 4) is 17.7 Å². The fraction of sp³-hybridized carbons (Fsp3) is 0.391. The number of nitrogens with two attached hydrogens (primary N) is 1. The van der Waals surface area contributed by atoms with Crippen molar-refractivity contribution in [1.82, 2.24) is 10.3 Å². The van der Waals surface area contributed by atoms with Gasteiger partial charge >= 0.3 is 6.09 Å². The van der Waals surface area contributed by atoms with Crippen molar-refractivity contribution >= 4 is 23.5 Å². The van der Waals surface area contributed by atoms with E-state index in [4.69, 9.17) is 15.2 Å². The Labute approximate surface area is 187 Å². The molecule has 32 heavy (non-hydrogen) atoms.